The van der Waals surface area contributed by atoms with E-state index < -0.39 is 0 Å². The van der Waals surface area contributed by atoms with Crippen LogP contribution in [0.1, 0.15) is 49.4 Å². The monoisotopic (exact) mass is 247 g/mol. The van der Waals surface area contributed by atoms with Crippen molar-refractivity contribution in [1.82, 2.24) is 5.32 Å². The number of hydrogen-bond acceptors (Lipinski definition) is 2. The van der Waals surface area contributed by atoms with Crippen molar-refractivity contribution in [1.29, 1.82) is 0 Å². The highest BCUT2D eigenvalue weighted by molar-refractivity contribution is 5.94. The second-order valence-electron chi connectivity index (χ2n) is 5.21. The van der Waals surface area contributed by atoms with Gasteiger partial charge in [-0.2, -0.15) is 0 Å². The number of carbonyl (C=O) groups is 1. The smallest absolute Gasteiger partial charge is 0.251 e. The first-order chi connectivity index (χ1) is 8.66. The Balaban J connectivity index is 1.91. The third-order valence-corrected chi connectivity index (χ3v) is 3.85. The number of hydrogen-bond donors (Lipinski definition) is 2. The van der Waals surface area contributed by atoms with E-state index in [0.717, 1.165) is 0 Å². The molecule has 1 aromatic carbocycles. The van der Waals surface area contributed by atoms with Crippen LogP contribution in [0.2, 0.25) is 0 Å². The van der Waals surface area contributed by atoms with Crippen LogP contribution in [-0.4, -0.2) is 17.1 Å². The maximum absolute atomic E-state index is 12.0. The highest BCUT2D eigenvalue weighted by Gasteiger charge is 2.21. The van der Waals surface area contributed by atoms with Crippen molar-refractivity contribution in [3.8, 4) is 5.75 Å². The third-order valence-electron chi connectivity index (χ3n) is 3.85. The summed E-state index contributed by atoms with van der Waals surface area (Å²) < 4.78 is 0. The molecule has 1 aromatic rings. The molecule has 1 saturated carbocycles. The minimum absolute atomic E-state index is 0.0481. The highest BCUT2D eigenvalue weighted by Crippen LogP contribution is 2.26. The predicted octanol–water partition coefficient (Wildman–Crippen LogP) is 3.09. The number of phenolic OH excluding ortho intramolecular Hbond substituents is 1. The summed E-state index contributed by atoms with van der Waals surface area (Å²) >= 11 is 0. The maximum Gasteiger partial charge on any atom is 0.251 e. The first-order valence-corrected chi connectivity index (χ1v) is 6.76. The van der Waals surface area contributed by atoms with Gasteiger partial charge < -0.3 is 10.4 Å². The van der Waals surface area contributed by atoms with Crippen LogP contribution in [0.4, 0.5) is 0 Å². The van der Waals surface area contributed by atoms with Crippen LogP contribution >= 0.6 is 0 Å². The number of phenols is 1. The molecule has 0 heterocycles. The first-order valence-electron chi connectivity index (χ1n) is 6.76. The molecule has 3 heteroatoms. The summed E-state index contributed by atoms with van der Waals surface area (Å²) in [4.78, 5) is 12.0. The molecular weight excluding hydrogens is 226 g/mol. The van der Waals surface area contributed by atoms with E-state index in [2.05, 4.69) is 12.2 Å². The van der Waals surface area contributed by atoms with Gasteiger partial charge in [-0.25, -0.2) is 0 Å². The summed E-state index contributed by atoms with van der Waals surface area (Å²) in [5.41, 5.74) is 0.607. The standard InChI is InChI=1S/C15H21NO2/c1-11(12-5-3-2-4-6-12)16-15(18)13-7-9-14(17)10-8-13/h7-12,17H,2-6H2,1H3,(H,16,18). The fourth-order valence-corrected chi connectivity index (χ4v) is 2.65. The maximum atomic E-state index is 12.0. The van der Waals surface area contributed by atoms with Crippen molar-refractivity contribution in [2.45, 2.75) is 45.1 Å². The van der Waals surface area contributed by atoms with E-state index in [1.165, 1.54) is 32.1 Å². The van der Waals surface area contributed by atoms with E-state index in [9.17, 15) is 9.90 Å². The normalized spacial score (nSPS) is 18.3. The number of carbonyl (C=O) groups excluding carboxylic acids is 1. The predicted molar refractivity (Wildman–Crippen MR) is 71.6 cm³/mol. The Morgan fingerprint density at radius 1 is 1.22 bits per heavy atom. The Morgan fingerprint density at radius 2 is 1.83 bits per heavy atom. The largest absolute Gasteiger partial charge is 0.508 e. The van der Waals surface area contributed by atoms with Crippen molar-refractivity contribution < 1.29 is 9.90 Å². The number of rotatable bonds is 3. The fourth-order valence-electron chi connectivity index (χ4n) is 2.65. The molecule has 3 nitrogen and oxygen atoms in total. The molecule has 0 saturated heterocycles. The molecule has 0 bridgehead atoms. The summed E-state index contributed by atoms with van der Waals surface area (Å²) in [6.45, 7) is 2.09. The third kappa shape index (κ3) is 3.25. The van der Waals surface area contributed by atoms with Gasteiger partial charge in [-0.1, -0.05) is 19.3 Å². The second kappa shape index (κ2) is 5.89. The molecule has 0 aliphatic heterocycles. The van der Waals surface area contributed by atoms with Gasteiger partial charge in [0.25, 0.3) is 5.91 Å². The van der Waals surface area contributed by atoms with Gasteiger partial charge >= 0.3 is 0 Å². The van der Waals surface area contributed by atoms with Crippen molar-refractivity contribution in [2.75, 3.05) is 0 Å². The number of amides is 1. The van der Waals surface area contributed by atoms with Crippen molar-refractivity contribution in [3.05, 3.63) is 29.8 Å². The van der Waals surface area contributed by atoms with Gasteiger partial charge in [0.1, 0.15) is 5.75 Å². The van der Waals surface area contributed by atoms with Crippen LogP contribution in [0.5, 0.6) is 5.75 Å². The number of nitrogens with one attached hydrogen (secondary N) is 1. The Morgan fingerprint density at radius 3 is 2.44 bits per heavy atom. The van der Waals surface area contributed by atoms with E-state index in [-0.39, 0.29) is 17.7 Å². The summed E-state index contributed by atoms with van der Waals surface area (Å²) in [5, 5.41) is 12.3. The van der Waals surface area contributed by atoms with Gasteiger partial charge in [0.05, 0.1) is 0 Å². The second-order valence-corrected chi connectivity index (χ2v) is 5.21. The lowest BCUT2D eigenvalue weighted by molar-refractivity contribution is 0.0919. The van der Waals surface area contributed by atoms with Crippen molar-refractivity contribution in [2.24, 2.45) is 5.92 Å². The van der Waals surface area contributed by atoms with Gasteiger partial charge in [0, 0.05) is 11.6 Å². The molecule has 2 rings (SSSR count). The zero-order valence-electron chi connectivity index (χ0n) is 10.9. The molecule has 0 aromatic heterocycles. The van der Waals surface area contributed by atoms with E-state index in [1.54, 1.807) is 24.3 Å². The van der Waals surface area contributed by atoms with E-state index in [0.29, 0.717) is 11.5 Å². The zero-order valence-corrected chi connectivity index (χ0v) is 10.9. The van der Waals surface area contributed by atoms with Crippen LogP contribution < -0.4 is 5.32 Å². The summed E-state index contributed by atoms with van der Waals surface area (Å²) in [5.74, 6) is 0.750. The lowest BCUT2D eigenvalue weighted by Gasteiger charge is -2.28. The van der Waals surface area contributed by atoms with E-state index >= 15 is 0 Å². The van der Waals surface area contributed by atoms with Gasteiger partial charge in [-0.15, -0.1) is 0 Å². The number of aromatic hydroxyl groups is 1. The van der Waals surface area contributed by atoms with Crippen LogP contribution in [0.25, 0.3) is 0 Å². The average molecular weight is 247 g/mol. The van der Waals surface area contributed by atoms with Crippen LogP contribution in [0.15, 0.2) is 24.3 Å². The average Bonchev–Trinajstić information content (AvgIpc) is 2.40. The molecule has 1 aliphatic rings. The van der Waals surface area contributed by atoms with Crippen LogP contribution in [0, 0.1) is 5.92 Å². The summed E-state index contributed by atoms with van der Waals surface area (Å²) in [7, 11) is 0. The first kappa shape index (κ1) is 12.9. The Kier molecular flexibility index (Phi) is 4.24. The molecule has 0 radical (unpaired) electrons. The van der Waals surface area contributed by atoms with E-state index in [1.807, 2.05) is 0 Å². The van der Waals surface area contributed by atoms with Gasteiger partial charge in [-0.3, -0.25) is 4.79 Å². The molecule has 1 fully saturated rings. The molecule has 0 spiro atoms. The molecule has 98 valence electrons. The number of benzene rings is 1. The van der Waals surface area contributed by atoms with Crippen LogP contribution in [0.3, 0.4) is 0 Å². The zero-order chi connectivity index (χ0) is 13.0. The molecule has 2 N–H and O–H groups in total. The molecule has 18 heavy (non-hydrogen) atoms. The molecule has 1 aliphatic carbocycles. The highest BCUT2D eigenvalue weighted by atomic mass is 16.3. The van der Waals surface area contributed by atoms with Gasteiger partial charge in [0.15, 0.2) is 0 Å². The van der Waals surface area contributed by atoms with Crippen LogP contribution in [-0.2, 0) is 0 Å². The Bertz CT molecular complexity index is 393. The lowest BCUT2D eigenvalue weighted by Crippen LogP contribution is -2.38. The van der Waals surface area contributed by atoms with Gasteiger partial charge in [-0.05, 0) is 49.9 Å². The minimum Gasteiger partial charge on any atom is -0.508 e. The molecule has 1 unspecified atom stereocenters. The molecular formula is C15H21NO2. The topological polar surface area (TPSA) is 49.3 Å². The summed E-state index contributed by atoms with van der Waals surface area (Å²) in [6.07, 6.45) is 6.33. The van der Waals surface area contributed by atoms with Crippen molar-refractivity contribution in [3.63, 3.8) is 0 Å². The SMILES string of the molecule is CC(NC(=O)c1ccc(O)cc1)C1CCCCC1. The summed E-state index contributed by atoms with van der Waals surface area (Å²) in [6, 6.07) is 6.61. The lowest BCUT2D eigenvalue weighted by atomic mass is 9.84. The van der Waals surface area contributed by atoms with Crippen molar-refractivity contribution >= 4 is 5.91 Å². The quantitative estimate of drug-likeness (QED) is 0.862. The Hall–Kier alpha value is -1.51. The van der Waals surface area contributed by atoms with Gasteiger partial charge in [0.2, 0.25) is 0 Å². The Labute approximate surface area is 108 Å². The molecule has 1 amide bonds. The molecule has 1 atom stereocenters. The van der Waals surface area contributed by atoms with E-state index in [4.69, 9.17) is 0 Å². The fraction of sp³-hybridized carbons (Fsp3) is 0.533. The minimum atomic E-state index is -0.0481.